The fourth-order valence-electron chi connectivity index (χ4n) is 2.23. The Morgan fingerprint density at radius 2 is 1.78 bits per heavy atom. The molecule has 1 fully saturated rings. The summed E-state index contributed by atoms with van der Waals surface area (Å²) >= 11 is 0. The van der Waals surface area contributed by atoms with E-state index in [0.29, 0.717) is 26.2 Å². The fourth-order valence-corrected chi connectivity index (χ4v) is 3.91. The van der Waals surface area contributed by atoms with Crippen LogP contribution in [0.25, 0.3) is 0 Å². The van der Waals surface area contributed by atoms with Crippen molar-refractivity contribution in [2.45, 2.75) is 26.3 Å². The van der Waals surface area contributed by atoms with E-state index < -0.39 is 10.2 Å². The Morgan fingerprint density at radius 3 is 2.33 bits per heavy atom. The summed E-state index contributed by atoms with van der Waals surface area (Å²) < 4.78 is 28.0. The van der Waals surface area contributed by atoms with Gasteiger partial charge in [0, 0.05) is 26.2 Å². The van der Waals surface area contributed by atoms with E-state index in [-0.39, 0.29) is 0 Å². The standard InChI is InChI=1S/C13H20N2O2S/c1-2-14(12-13-8-4-3-5-9-13)18(16,17)15-10-6-7-11-15/h3-5,8-9H,2,6-7,10-12H2,1H3. The maximum atomic E-state index is 12.4. The molecule has 5 heteroatoms. The minimum absolute atomic E-state index is 0.455. The van der Waals surface area contributed by atoms with E-state index in [9.17, 15) is 8.42 Å². The maximum Gasteiger partial charge on any atom is 0.282 e. The molecule has 100 valence electrons. The lowest BCUT2D eigenvalue weighted by atomic mass is 10.2. The topological polar surface area (TPSA) is 40.6 Å². The van der Waals surface area contributed by atoms with Crippen LogP contribution in [0.4, 0.5) is 0 Å². The summed E-state index contributed by atoms with van der Waals surface area (Å²) in [6.45, 7) is 4.17. The molecule has 1 heterocycles. The number of rotatable bonds is 5. The van der Waals surface area contributed by atoms with Crippen molar-refractivity contribution in [1.29, 1.82) is 0 Å². The van der Waals surface area contributed by atoms with Gasteiger partial charge in [0.2, 0.25) is 0 Å². The molecule has 18 heavy (non-hydrogen) atoms. The Balaban J connectivity index is 2.13. The van der Waals surface area contributed by atoms with Crippen LogP contribution in [0.3, 0.4) is 0 Å². The first-order valence-electron chi connectivity index (χ1n) is 6.43. The van der Waals surface area contributed by atoms with Gasteiger partial charge in [0.05, 0.1) is 0 Å². The molecule has 4 nitrogen and oxygen atoms in total. The van der Waals surface area contributed by atoms with Crippen LogP contribution in [0.2, 0.25) is 0 Å². The van der Waals surface area contributed by atoms with Crippen LogP contribution in [0, 0.1) is 0 Å². The molecule has 0 bridgehead atoms. The summed E-state index contributed by atoms with van der Waals surface area (Å²) in [5.74, 6) is 0. The molecule has 0 N–H and O–H groups in total. The van der Waals surface area contributed by atoms with E-state index in [1.807, 2.05) is 37.3 Å². The number of hydrogen-bond donors (Lipinski definition) is 0. The molecule has 0 aliphatic carbocycles. The minimum Gasteiger partial charge on any atom is -0.195 e. The molecule has 0 atom stereocenters. The van der Waals surface area contributed by atoms with E-state index in [1.165, 1.54) is 0 Å². The van der Waals surface area contributed by atoms with Crippen molar-refractivity contribution < 1.29 is 8.42 Å². The van der Waals surface area contributed by atoms with Crippen LogP contribution in [0.15, 0.2) is 30.3 Å². The van der Waals surface area contributed by atoms with Crippen molar-refractivity contribution in [3.05, 3.63) is 35.9 Å². The first kappa shape index (κ1) is 13.5. The third-order valence-corrected chi connectivity index (χ3v) is 5.33. The highest BCUT2D eigenvalue weighted by molar-refractivity contribution is 7.86. The Morgan fingerprint density at radius 1 is 1.17 bits per heavy atom. The second kappa shape index (κ2) is 5.82. The van der Waals surface area contributed by atoms with Crippen molar-refractivity contribution >= 4 is 10.2 Å². The molecule has 1 aliphatic heterocycles. The summed E-state index contributed by atoms with van der Waals surface area (Å²) in [4.78, 5) is 0. The van der Waals surface area contributed by atoms with Gasteiger partial charge in [-0.25, -0.2) is 0 Å². The zero-order valence-electron chi connectivity index (χ0n) is 10.7. The van der Waals surface area contributed by atoms with E-state index in [1.54, 1.807) is 8.61 Å². The largest absolute Gasteiger partial charge is 0.282 e. The Hall–Kier alpha value is -0.910. The van der Waals surface area contributed by atoms with E-state index in [4.69, 9.17) is 0 Å². The van der Waals surface area contributed by atoms with Crippen LogP contribution in [0.1, 0.15) is 25.3 Å². The molecular weight excluding hydrogens is 248 g/mol. The van der Waals surface area contributed by atoms with Crippen molar-refractivity contribution in [2.75, 3.05) is 19.6 Å². The average molecular weight is 268 g/mol. The first-order valence-corrected chi connectivity index (χ1v) is 7.83. The fraction of sp³-hybridized carbons (Fsp3) is 0.538. The second-order valence-corrected chi connectivity index (χ2v) is 6.45. The highest BCUT2D eigenvalue weighted by Gasteiger charge is 2.30. The van der Waals surface area contributed by atoms with Gasteiger partial charge in [-0.15, -0.1) is 0 Å². The molecule has 1 aliphatic rings. The van der Waals surface area contributed by atoms with Gasteiger partial charge < -0.3 is 0 Å². The first-order chi connectivity index (χ1) is 8.64. The number of hydrogen-bond acceptors (Lipinski definition) is 2. The van der Waals surface area contributed by atoms with Gasteiger partial charge in [-0.3, -0.25) is 0 Å². The molecule has 0 spiro atoms. The average Bonchev–Trinajstić information content (AvgIpc) is 2.91. The molecule has 0 aromatic heterocycles. The SMILES string of the molecule is CCN(Cc1ccccc1)S(=O)(=O)N1CCCC1. The Labute approximate surface area is 109 Å². The van der Waals surface area contributed by atoms with Gasteiger partial charge >= 0.3 is 0 Å². The molecule has 2 rings (SSSR count). The summed E-state index contributed by atoms with van der Waals surface area (Å²) in [5, 5.41) is 0. The van der Waals surface area contributed by atoms with Gasteiger partial charge in [0.1, 0.15) is 0 Å². The van der Waals surface area contributed by atoms with Crippen LogP contribution in [-0.2, 0) is 16.8 Å². The zero-order valence-corrected chi connectivity index (χ0v) is 11.6. The van der Waals surface area contributed by atoms with Crippen LogP contribution < -0.4 is 0 Å². The van der Waals surface area contributed by atoms with Gasteiger partial charge in [-0.2, -0.15) is 17.0 Å². The quantitative estimate of drug-likeness (QED) is 0.817. The molecule has 1 aromatic carbocycles. The summed E-state index contributed by atoms with van der Waals surface area (Å²) in [5.41, 5.74) is 1.03. The number of nitrogens with zero attached hydrogens (tertiary/aromatic N) is 2. The summed E-state index contributed by atoms with van der Waals surface area (Å²) in [6, 6.07) is 9.73. The van der Waals surface area contributed by atoms with Crippen LogP contribution in [-0.4, -0.2) is 36.7 Å². The predicted molar refractivity (Wildman–Crippen MR) is 72.3 cm³/mol. The summed E-state index contributed by atoms with van der Waals surface area (Å²) in [7, 11) is -3.28. The Bertz CT molecular complexity index is 467. The van der Waals surface area contributed by atoms with Crippen molar-refractivity contribution in [3.8, 4) is 0 Å². The van der Waals surface area contributed by atoms with E-state index in [0.717, 1.165) is 18.4 Å². The lowest BCUT2D eigenvalue weighted by Gasteiger charge is -2.26. The molecule has 0 radical (unpaired) electrons. The van der Waals surface area contributed by atoms with Crippen molar-refractivity contribution in [1.82, 2.24) is 8.61 Å². The van der Waals surface area contributed by atoms with Crippen molar-refractivity contribution in [3.63, 3.8) is 0 Å². The highest BCUT2D eigenvalue weighted by Crippen LogP contribution is 2.18. The molecule has 1 saturated heterocycles. The second-order valence-electron chi connectivity index (χ2n) is 4.53. The van der Waals surface area contributed by atoms with Gasteiger partial charge in [-0.1, -0.05) is 37.3 Å². The molecule has 0 unspecified atom stereocenters. The van der Waals surface area contributed by atoms with Crippen molar-refractivity contribution in [2.24, 2.45) is 0 Å². The monoisotopic (exact) mass is 268 g/mol. The predicted octanol–water partition coefficient (Wildman–Crippen LogP) is 1.85. The molecule has 1 aromatic rings. The van der Waals surface area contributed by atoms with Gasteiger partial charge in [0.15, 0.2) is 0 Å². The third-order valence-electron chi connectivity index (χ3n) is 3.27. The van der Waals surface area contributed by atoms with E-state index >= 15 is 0 Å². The van der Waals surface area contributed by atoms with Crippen LogP contribution in [0.5, 0.6) is 0 Å². The zero-order chi connectivity index (χ0) is 13.0. The van der Waals surface area contributed by atoms with Gasteiger partial charge in [-0.05, 0) is 18.4 Å². The lowest BCUT2D eigenvalue weighted by Crippen LogP contribution is -2.41. The normalized spacial score (nSPS) is 17.4. The molecule has 0 amide bonds. The van der Waals surface area contributed by atoms with Crippen LogP contribution >= 0.6 is 0 Å². The minimum atomic E-state index is -3.28. The highest BCUT2D eigenvalue weighted by atomic mass is 32.2. The third kappa shape index (κ3) is 2.91. The summed E-state index contributed by atoms with van der Waals surface area (Å²) in [6.07, 6.45) is 1.95. The number of benzene rings is 1. The maximum absolute atomic E-state index is 12.4. The molecule has 0 saturated carbocycles. The lowest BCUT2D eigenvalue weighted by molar-refractivity contribution is 0.365. The smallest absolute Gasteiger partial charge is 0.195 e. The van der Waals surface area contributed by atoms with Gasteiger partial charge in [0.25, 0.3) is 10.2 Å². The molecular formula is C13H20N2O2S. The Kier molecular flexibility index (Phi) is 4.37. The van der Waals surface area contributed by atoms with E-state index in [2.05, 4.69) is 0 Å².